The first kappa shape index (κ1) is 19.2. The molecule has 3 aromatic rings. The molecule has 2 aromatic carbocycles. The van der Waals surface area contributed by atoms with Crippen LogP contribution in [-0.2, 0) is 14.8 Å². The summed E-state index contributed by atoms with van der Waals surface area (Å²) >= 11 is 1.39. The summed E-state index contributed by atoms with van der Waals surface area (Å²) in [7, 11) is -2.63. The number of hydrogen-bond acceptors (Lipinski definition) is 5. The number of carbonyl (C=O) groups excluding carboxylic acids is 1. The molecule has 3 rings (SSSR count). The van der Waals surface area contributed by atoms with Crippen LogP contribution in [0.4, 0.5) is 4.39 Å². The van der Waals surface area contributed by atoms with E-state index in [9.17, 15) is 17.6 Å². The summed E-state index contributed by atoms with van der Waals surface area (Å²) in [6, 6.07) is 14.1. The zero-order chi connectivity index (χ0) is 19.4. The van der Waals surface area contributed by atoms with Gasteiger partial charge >= 0.3 is 5.97 Å². The van der Waals surface area contributed by atoms with Crippen molar-refractivity contribution in [3.63, 3.8) is 0 Å². The third-order valence-corrected chi connectivity index (χ3v) is 6.27. The molecule has 27 heavy (non-hydrogen) atoms. The number of hydrogen-bond donors (Lipinski definition) is 1. The summed E-state index contributed by atoms with van der Waals surface area (Å²) in [6.45, 7) is 0. The maximum absolute atomic E-state index is 13.3. The Morgan fingerprint density at radius 2 is 1.74 bits per heavy atom. The SMILES string of the molecule is COC(=O)c1ccc(S(=O)(=O)N[C@@H](c2ccc(F)cc2)c2cccs2)cc1. The molecule has 0 saturated carbocycles. The summed E-state index contributed by atoms with van der Waals surface area (Å²) in [5, 5.41) is 1.84. The first-order chi connectivity index (χ1) is 12.9. The van der Waals surface area contributed by atoms with Gasteiger partial charge in [0, 0.05) is 4.88 Å². The number of sulfonamides is 1. The Morgan fingerprint density at radius 1 is 1.07 bits per heavy atom. The van der Waals surface area contributed by atoms with Crippen molar-refractivity contribution in [3.8, 4) is 0 Å². The van der Waals surface area contributed by atoms with Crippen LogP contribution in [0.2, 0.25) is 0 Å². The number of rotatable bonds is 6. The van der Waals surface area contributed by atoms with Crippen LogP contribution in [-0.4, -0.2) is 21.5 Å². The molecule has 5 nitrogen and oxygen atoms in total. The van der Waals surface area contributed by atoms with Gasteiger partial charge in [-0.15, -0.1) is 11.3 Å². The number of benzene rings is 2. The van der Waals surface area contributed by atoms with Crippen LogP contribution in [0.5, 0.6) is 0 Å². The number of methoxy groups -OCH3 is 1. The summed E-state index contributed by atoms with van der Waals surface area (Å²) < 4.78 is 46.2. The van der Waals surface area contributed by atoms with Crippen molar-refractivity contribution in [3.05, 3.63) is 87.9 Å². The largest absolute Gasteiger partial charge is 0.465 e. The number of nitrogens with one attached hydrogen (secondary N) is 1. The highest BCUT2D eigenvalue weighted by Crippen LogP contribution is 2.28. The van der Waals surface area contributed by atoms with E-state index in [1.807, 2.05) is 17.5 Å². The lowest BCUT2D eigenvalue weighted by atomic mass is 10.1. The molecule has 0 fully saturated rings. The summed E-state index contributed by atoms with van der Waals surface area (Å²) in [6.07, 6.45) is 0. The Morgan fingerprint density at radius 3 is 2.30 bits per heavy atom. The summed E-state index contributed by atoms with van der Waals surface area (Å²) in [5.74, 6) is -0.945. The van der Waals surface area contributed by atoms with Gasteiger partial charge < -0.3 is 4.74 Å². The van der Waals surface area contributed by atoms with E-state index in [0.29, 0.717) is 5.56 Å². The number of esters is 1. The third kappa shape index (κ3) is 4.41. The Hall–Kier alpha value is -2.55. The lowest BCUT2D eigenvalue weighted by Gasteiger charge is -2.18. The van der Waals surface area contributed by atoms with Crippen molar-refractivity contribution in [2.45, 2.75) is 10.9 Å². The molecule has 0 spiro atoms. The zero-order valence-corrected chi connectivity index (χ0v) is 15.9. The van der Waals surface area contributed by atoms with Gasteiger partial charge in [0.1, 0.15) is 5.82 Å². The normalized spacial score (nSPS) is 12.5. The van der Waals surface area contributed by atoms with E-state index in [1.165, 1.54) is 54.8 Å². The van der Waals surface area contributed by atoms with Crippen LogP contribution in [0.3, 0.4) is 0 Å². The molecule has 140 valence electrons. The maximum Gasteiger partial charge on any atom is 0.337 e. The van der Waals surface area contributed by atoms with Gasteiger partial charge in [0.05, 0.1) is 23.6 Å². The maximum atomic E-state index is 13.3. The van der Waals surface area contributed by atoms with Crippen molar-refractivity contribution in [2.24, 2.45) is 0 Å². The van der Waals surface area contributed by atoms with Gasteiger partial charge in [-0.05, 0) is 53.4 Å². The molecular formula is C19H16FNO4S2. The van der Waals surface area contributed by atoms with Gasteiger partial charge in [-0.2, -0.15) is 4.72 Å². The van der Waals surface area contributed by atoms with Crippen LogP contribution in [0, 0.1) is 5.82 Å². The molecule has 0 unspecified atom stereocenters. The second-order valence-corrected chi connectivity index (χ2v) is 8.33. The Labute approximate surface area is 160 Å². The molecule has 0 bridgehead atoms. The highest BCUT2D eigenvalue weighted by Gasteiger charge is 2.24. The average Bonchev–Trinajstić information content (AvgIpc) is 3.21. The topological polar surface area (TPSA) is 72.5 Å². The van der Waals surface area contributed by atoms with Crippen LogP contribution in [0.15, 0.2) is 70.9 Å². The second kappa shape index (κ2) is 7.99. The van der Waals surface area contributed by atoms with E-state index in [-0.39, 0.29) is 10.5 Å². The second-order valence-electron chi connectivity index (χ2n) is 5.64. The summed E-state index contributed by atoms with van der Waals surface area (Å²) in [4.78, 5) is 12.3. The molecule has 0 aliphatic heterocycles. The molecule has 0 saturated heterocycles. The van der Waals surface area contributed by atoms with Crippen LogP contribution in [0.25, 0.3) is 0 Å². The van der Waals surface area contributed by atoms with Gasteiger partial charge in [0.15, 0.2) is 0 Å². The van der Waals surface area contributed by atoms with E-state index in [1.54, 1.807) is 12.1 Å². The van der Waals surface area contributed by atoms with E-state index >= 15 is 0 Å². The Bertz CT molecular complexity index is 1010. The lowest BCUT2D eigenvalue weighted by molar-refractivity contribution is 0.0600. The minimum absolute atomic E-state index is 0.0128. The van der Waals surface area contributed by atoms with Gasteiger partial charge in [-0.1, -0.05) is 18.2 Å². The highest BCUT2D eigenvalue weighted by molar-refractivity contribution is 7.89. The molecule has 0 aliphatic rings. The fraction of sp³-hybridized carbons (Fsp3) is 0.105. The molecule has 0 radical (unpaired) electrons. The van der Waals surface area contributed by atoms with Crippen LogP contribution >= 0.6 is 11.3 Å². The van der Waals surface area contributed by atoms with Crippen molar-refractivity contribution >= 4 is 27.3 Å². The Kier molecular flexibility index (Phi) is 5.69. The quantitative estimate of drug-likeness (QED) is 0.634. The number of halogens is 1. The zero-order valence-electron chi connectivity index (χ0n) is 14.3. The van der Waals surface area contributed by atoms with Crippen LogP contribution in [0.1, 0.15) is 26.8 Å². The summed E-state index contributed by atoms with van der Waals surface area (Å²) in [5.41, 5.74) is 0.874. The smallest absolute Gasteiger partial charge is 0.337 e. The van der Waals surface area contributed by atoms with Gasteiger partial charge in [0.2, 0.25) is 10.0 Å². The average molecular weight is 405 g/mol. The van der Waals surface area contributed by atoms with Crippen LogP contribution < -0.4 is 4.72 Å². The van der Waals surface area contributed by atoms with E-state index in [0.717, 1.165) is 4.88 Å². The molecule has 0 amide bonds. The van der Waals surface area contributed by atoms with E-state index < -0.39 is 27.9 Å². The minimum Gasteiger partial charge on any atom is -0.465 e. The fourth-order valence-electron chi connectivity index (χ4n) is 2.51. The van der Waals surface area contributed by atoms with Gasteiger partial charge in [-0.3, -0.25) is 0 Å². The van der Waals surface area contributed by atoms with Crippen molar-refractivity contribution in [1.29, 1.82) is 0 Å². The molecule has 8 heteroatoms. The standard InChI is InChI=1S/C19H16FNO4S2/c1-25-19(22)14-6-10-16(11-7-14)27(23,24)21-18(17-3-2-12-26-17)13-4-8-15(20)9-5-13/h2-12,18,21H,1H3/t18-/m0/s1. The number of carbonyl (C=O) groups is 1. The monoisotopic (exact) mass is 405 g/mol. The lowest BCUT2D eigenvalue weighted by Crippen LogP contribution is -2.29. The number of ether oxygens (including phenoxy) is 1. The first-order valence-corrected chi connectivity index (χ1v) is 10.3. The molecule has 0 aliphatic carbocycles. The predicted molar refractivity (Wildman–Crippen MR) is 101 cm³/mol. The molecule has 1 atom stereocenters. The van der Waals surface area contributed by atoms with Crippen molar-refractivity contribution < 1.29 is 22.3 Å². The van der Waals surface area contributed by atoms with E-state index in [2.05, 4.69) is 9.46 Å². The number of thiophene rings is 1. The highest BCUT2D eigenvalue weighted by atomic mass is 32.2. The van der Waals surface area contributed by atoms with Crippen molar-refractivity contribution in [1.82, 2.24) is 4.72 Å². The first-order valence-electron chi connectivity index (χ1n) is 7.90. The van der Waals surface area contributed by atoms with Gasteiger partial charge in [0.25, 0.3) is 0 Å². The molecule has 1 N–H and O–H groups in total. The minimum atomic E-state index is -3.88. The predicted octanol–water partition coefficient (Wildman–Crippen LogP) is 3.74. The third-order valence-electron chi connectivity index (χ3n) is 3.89. The van der Waals surface area contributed by atoms with Crippen molar-refractivity contribution in [2.75, 3.05) is 7.11 Å². The fourth-order valence-corrected chi connectivity index (χ4v) is 4.59. The Balaban J connectivity index is 1.92. The van der Waals surface area contributed by atoms with E-state index in [4.69, 9.17) is 0 Å². The molecule has 1 heterocycles. The van der Waals surface area contributed by atoms with Gasteiger partial charge in [-0.25, -0.2) is 17.6 Å². The molecular weight excluding hydrogens is 389 g/mol. The molecule has 1 aromatic heterocycles.